The number of likely N-dealkylation sites (tertiary alicyclic amines) is 1. The van der Waals surface area contributed by atoms with E-state index in [0.29, 0.717) is 0 Å². The van der Waals surface area contributed by atoms with E-state index in [0.717, 1.165) is 41.3 Å². The Morgan fingerprint density at radius 3 is 2.42 bits per heavy atom. The van der Waals surface area contributed by atoms with Crippen molar-refractivity contribution in [3.63, 3.8) is 0 Å². The molecule has 2 aromatic rings. The lowest BCUT2D eigenvalue weighted by Gasteiger charge is -2.25. The Bertz CT molecular complexity index is 796. The van der Waals surface area contributed by atoms with E-state index in [9.17, 15) is 27.5 Å². The Hall–Kier alpha value is -2.41. The molecule has 2 aromatic carbocycles. The smallest absolute Gasteiger partial charge is 0.254 e. The second-order valence-electron chi connectivity index (χ2n) is 5.66. The number of aliphatic hydroxyl groups excluding tert-OH is 1. The zero-order valence-corrected chi connectivity index (χ0v) is 12.3. The molecule has 1 heterocycles. The molecule has 3 nitrogen and oxygen atoms in total. The predicted octanol–water partition coefficient (Wildman–Crippen LogP) is 3.19. The van der Waals surface area contributed by atoms with E-state index in [1.807, 2.05) is 0 Å². The minimum Gasteiger partial charge on any atom is -0.391 e. The average Bonchev–Trinajstić information content (AvgIpc) is 2.93. The number of hydrogen-bond acceptors (Lipinski definition) is 2. The minimum absolute atomic E-state index is 0.0236. The molecule has 1 saturated heterocycles. The molecule has 1 amide bonds. The fourth-order valence-corrected chi connectivity index (χ4v) is 2.90. The van der Waals surface area contributed by atoms with Crippen LogP contribution in [0.15, 0.2) is 36.4 Å². The number of rotatable bonds is 2. The summed E-state index contributed by atoms with van der Waals surface area (Å²) in [6.07, 6.45) is -0.901. The molecule has 1 fully saturated rings. The van der Waals surface area contributed by atoms with Gasteiger partial charge < -0.3 is 10.0 Å². The highest BCUT2D eigenvalue weighted by molar-refractivity contribution is 5.94. The molecular formula is C17H13F4NO2. The first-order valence-electron chi connectivity index (χ1n) is 7.26. The van der Waals surface area contributed by atoms with Gasteiger partial charge in [0.25, 0.3) is 5.91 Å². The summed E-state index contributed by atoms with van der Waals surface area (Å²) >= 11 is 0. The van der Waals surface area contributed by atoms with Crippen molar-refractivity contribution in [2.24, 2.45) is 0 Å². The Morgan fingerprint density at radius 2 is 1.71 bits per heavy atom. The minimum atomic E-state index is -1.19. The van der Waals surface area contributed by atoms with Gasteiger partial charge in [-0.3, -0.25) is 4.79 Å². The lowest BCUT2D eigenvalue weighted by atomic mass is 10.0. The number of amides is 1. The number of halogens is 4. The zero-order chi connectivity index (χ0) is 17.4. The van der Waals surface area contributed by atoms with Gasteiger partial charge >= 0.3 is 0 Å². The van der Waals surface area contributed by atoms with Crippen LogP contribution in [0.4, 0.5) is 17.6 Å². The summed E-state index contributed by atoms with van der Waals surface area (Å²) < 4.78 is 53.8. The van der Waals surface area contributed by atoms with Crippen molar-refractivity contribution in [3.05, 3.63) is 70.8 Å². The monoisotopic (exact) mass is 339 g/mol. The van der Waals surface area contributed by atoms with Crippen LogP contribution < -0.4 is 0 Å². The van der Waals surface area contributed by atoms with E-state index in [1.165, 1.54) is 0 Å². The lowest BCUT2D eigenvalue weighted by molar-refractivity contribution is 0.0713. The first-order chi connectivity index (χ1) is 11.4. The van der Waals surface area contributed by atoms with Crippen LogP contribution in [0.5, 0.6) is 0 Å². The molecule has 0 radical (unpaired) electrons. The first kappa shape index (κ1) is 16.4. The van der Waals surface area contributed by atoms with Gasteiger partial charge in [0.1, 0.15) is 11.6 Å². The van der Waals surface area contributed by atoms with E-state index in [1.54, 1.807) is 0 Å². The van der Waals surface area contributed by atoms with Crippen LogP contribution in [0.2, 0.25) is 0 Å². The van der Waals surface area contributed by atoms with Gasteiger partial charge in [-0.15, -0.1) is 0 Å². The zero-order valence-electron chi connectivity index (χ0n) is 12.3. The second kappa shape index (κ2) is 6.24. The molecular weight excluding hydrogens is 326 g/mol. The van der Waals surface area contributed by atoms with E-state index in [4.69, 9.17) is 0 Å². The highest BCUT2D eigenvalue weighted by Crippen LogP contribution is 2.35. The SMILES string of the molecule is O=C(c1ccc(F)c(F)c1)N1C[C@@H](O)C[C@H]1c1cc(F)ccc1F. The van der Waals surface area contributed by atoms with E-state index >= 15 is 0 Å². The van der Waals surface area contributed by atoms with Crippen LogP contribution in [-0.2, 0) is 0 Å². The van der Waals surface area contributed by atoms with Crippen molar-refractivity contribution in [1.29, 1.82) is 0 Å². The number of hydrogen-bond donors (Lipinski definition) is 1. The third-order valence-electron chi connectivity index (χ3n) is 4.02. The van der Waals surface area contributed by atoms with Gasteiger partial charge in [0.05, 0.1) is 12.1 Å². The van der Waals surface area contributed by atoms with E-state index < -0.39 is 41.3 Å². The number of aliphatic hydroxyl groups is 1. The molecule has 1 N–H and O–H groups in total. The molecule has 1 aliphatic heterocycles. The largest absolute Gasteiger partial charge is 0.391 e. The molecule has 2 atom stereocenters. The Balaban J connectivity index is 1.97. The Morgan fingerprint density at radius 1 is 1.00 bits per heavy atom. The fourth-order valence-electron chi connectivity index (χ4n) is 2.90. The van der Waals surface area contributed by atoms with Gasteiger partial charge in [0, 0.05) is 17.7 Å². The van der Waals surface area contributed by atoms with Gasteiger partial charge in [-0.05, 0) is 42.8 Å². The Kier molecular flexibility index (Phi) is 4.28. The van der Waals surface area contributed by atoms with Crippen molar-refractivity contribution in [2.75, 3.05) is 6.54 Å². The molecule has 0 aromatic heterocycles. The van der Waals surface area contributed by atoms with Gasteiger partial charge in [0.2, 0.25) is 0 Å². The topological polar surface area (TPSA) is 40.5 Å². The normalized spacial score (nSPS) is 20.5. The highest BCUT2D eigenvalue weighted by Gasteiger charge is 2.37. The molecule has 3 rings (SSSR count). The second-order valence-corrected chi connectivity index (χ2v) is 5.66. The summed E-state index contributed by atoms with van der Waals surface area (Å²) in [5.74, 6) is -4.36. The van der Waals surface area contributed by atoms with Crippen LogP contribution in [0.3, 0.4) is 0 Å². The number of carbonyl (C=O) groups excluding carboxylic acids is 1. The maximum atomic E-state index is 14.0. The number of β-amino-alcohol motifs (C(OH)–C–C–N with tert-alkyl or cyclic N) is 1. The molecule has 0 spiro atoms. The van der Waals surface area contributed by atoms with Crippen molar-refractivity contribution < 1.29 is 27.5 Å². The van der Waals surface area contributed by atoms with Crippen molar-refractivity contribution in [2.45, 2.75) is 18.6 Å². The highest BCUT2D eigenvalue weighted by atomic mass is 19.2. The van der Waals surface area contributed by atoms with Gasteiger partial charge in [-0.2, -0.15) is 0 Å². The quantitative estimate of drug-likeness (QED) is 0.854. The number of benzene rings is 2. The molecule has 7 heteroatoms. The Labute approximate surface area is 135 Å². The predicted molar refractivity (Wildman–Crippen MR) is 77.1 cm³/mol. The van der Waals surface area contributed by atoms with E-state index in [2.05, 4.69) is 0 Å². The molecule has 24 heavy (non-hydrogen) atoms. The molecule has 0 unspecified atom stereocenters. The van der Waals surface area contributed by atoms with Crippen molar-refractivity contribution in [1.82, 2.24) is 4.90 Å². The summed E-state index contributed by atoms with van der Waals surface area (Å²) in [6.45, 7) is -0.113. The fraction of sp³-hybridized carbons (Fsp3) is 0.235. The van der Waals surface area contributed by atoms with Gasteiger partial charge in [0.15, 0.2) is 11.6 Å². The maximum absolute atomic E-state index is 14.0. The summed E-state index contributed by atoms with van der Waals surface area (Å²) in [5, 5.41) is 9.84. The van der Waals surface area contributed by atoms with Gasteiger partial charge in [-0.1, -0.05) is 0 Å². The van der Waals surface area contributed by atoms with Crippen LogP contribution in [0, 0.1) is 23.3 Å². The number of nitrogens with zero attached hydrogens (tertiary/aromatic N) is 1. The lowest BCUT2D eigenvalue weighted by Crippen LogP contribution is -2.32. The first-order valence-corrected chi connectivity index (χ1v) is 7.26. The van der Waals surface area contributed by atoms with Crippen LogP contribution in [0.1, 0.15) is 28.4 Å². The standard InChI is InChI=1S/C17H13F4NO2/c18-10-2-4-13(19)12(6-10)16-7-11(23)8-22(16)17(24)9-1-3-14(20)15(21)5-9/h1-6,11,16,23H,7-8H2/t11-,16-/m0/s1. The number of carbonyl (C=O) groups is 1. The molecule has 0 saturated carbocycles. The van der Waals surface area contributed by atoms with Crippen molar-refractivity contribution in [3.8, 4) is 0 Å². The molecule has 0 aliphatic carbocycles. The average molecular weight is 339 g/mol. The van der Waals surface area contributed by atoms with Gasteiger partial charge in [-0.25, -0.2) is 17.6 Å². The summed E-state index contributed by atoms with van der Waals surface area (Å²) in [7, 11) is 0. The third kappa shape index (κ3) is 2.99. The van der Waals surface area contributed by atoms with Crippen LogP contribution in [-0.4, -0.2) is 28.6 Å². The van der Waals surface area contributed by atoms with Crippen molar-refractivity contribution >= 4 is 5.91 Å². The van der Waals surface area contributed by atoms with Crippen LogP contribution >= 0.6 is 0 Å². The summed E-state index contributed by atoms with van der Waals surface area (Å²) in [5.41, 5.74) is -0.202. The summed E-state index contributed by atoms with van der Waals surface area (Å²) in [6, 6.07) is 4.61. The third-order valence-corrected chi connectivity index (χ3v) is 4.02. The van der Waals surface area contributed by atoms with Crippen LogP contribution in [0.25, 0.3) is 0 Å². The molecule has 126 valence electrons. The summed E-state index contributed by atoms with van der Waals surface area (Å²) in [4.78, 5) is 13.7. The maximum Gasteiger partial charge on any atom is 0.254 e. The molecule has 0 bridgehead atoms. The van der Waals surface area contributed by atoms with E-state index in [-0.39, 0.29) is 24.1 Å². The molecule has 1 aliphatic rings.